The summed E-state index contributed by atoms with van der Waals surface area (Å²) in [5.74, 6) is 0.289. The number of likely N-dealkylation sites (N-methyl/N-ethyl adjacent to an activating group) is 1. The second kappa shape index (κ2) is 8.11. The highest BCUT2D eigenvalue weighted by atomic mass is 16.5. The van der Waals surface area contributed by atoms with Crippen molar-refractivity contribution < 1.29 is 14.3 Å². The number of primary amides is 1. The molecule has 3 amide bonds. The van der Waals surface area contributed by atoms with E-state index < -0.39 is 0 Å². The predicted octanol–water partition coefficient (Wildman–Crippen LogP) is -0.368. The fraction of sp³-hybridized carbons (Fsp3) is 0.667. The van der Waals surface area contributed by atoms with Crippen molar-refractivity contribution in [2.24, 2.45) is 12.8 Å². The van der Waals surface area contributed by atoms with Crippen LogP contribution in [0.2, 0.25) is 0 Å². The lowest BCUT2D eigenvalue weighted by Crippen LogP contribution is -2.51. The van der Waals surface area contributed by atoms with Crippen molar-refractivity contribution in [1.29, 1.82) is 0 Å². The molecule has 1 saturated heterocycles. The predicted molar refractivity (Wildman–Crippen MR) is 89.6 cm³/mol. The van der Waals surface area contributed by atoms with E-state index in [0.717, 1.165) is 12.1 Å². The van der Waals surface area contributed by atoms with Crippen LogP contribution in [0.1, 0.15) is 12.6 Å². The maximum atomic E-state index is 12.5. The largest absolute Gasteiger partial charge is 0.373 e. The summed E-state index contributed by atoms with van der Waals surface area (Å²) in [5, 5.41) is 7.20. The Morgan fingerprint density at radius 3 is 2.92 bits per heavy atom. The Labute approximate surface area is 141 Å². The van der Waals surface area contributed by atoms with Gasteiger partial charge in [-0.3, -0.25) is 19.7 Å². The SMILES string of the molecule is CCc1cc(NC(=O)N2CCOC(CN(C)CC(N)=O)C2)n(C)n1. The number of amides is 3. The molecule has 0 spiro atoms. The normalized spacial score (nSPS) is 18.0. The molecule has 1 aromatic rings. The molecule has 0 saturated carbocycles. The molecule has 2 rings (SSSR count). The number of nitrogens with zero attached hydrogens (tertiary/aromatic N) is 4. The molecule has 3 N–H and O–H groups in total. The van der Waals surface area contributed by atoms with E-state index in [1.807, 2.05) is 13.0 Å². The molecule has 9 nitrogen and oxygen atoms in total. The van der Waals surface area contributed by atoms with Gasteiger partial charge in [0.1, 0.15) is 5.82 Å². The molecule has 1 fully saturated rings. The summed E-state index contributed by atoms with van der Waals surface area (Å²) < 4.78 is 7.34. The third-order valence-electron chi connectivity index (χ3n) is 3.89. The molecule has 9 heteroatoms. The smallest absolute Gasteiger partial charge is 0.323 e. The molecule has 1 aliphatic heterocycles. The average molecular weight is 338 g/mol. The van der Waals surface area contributed by atoms with Crippen molar-refractivity contribution in [1.82, 2.24) is 19.6 Å². The highest BCUT2D eigenvalue weighted by Crippen LogP contribution is 2.13. The molecular weight excluding hydrogens is 312 g/mol. The molecule has 1 aromatic heterocycles. The number of nitrogens with one attached hydrogen (secondary N) is 1. The van der Waals surface area contributed by atoms with Crippen LogP contribution in [0.4, 0.5) is 10.6 Å². The van der Waals surface area contributed by atoms with Crippen molar-refractivity contribution >= 4 is 17.8 Å². The van der Waals surface area contributed by atoms with Gasteiger partial charge in [-0.15, -0.1) is 0 Å². The van der Waals surface area contributed by atoms with Gasteiger partial charge in [0.05, 0.1) is 24.9 Å². The second-order valence-electron chi connectivity index (χ2n) is 6.03. The molecule has 1 aliphatic rings. The Balaban J connectivity index is 1.89. The first-order valence-corrected chi connectivity index (χ1v) is 8.06. The number of nitrogens with two attached hydrogens (primary N) is 1. The van der Waals surface area contributed by atoms with Gasteiger partial charge in [0.2, 0.25) is 5.91 Å². The number of ether oxygens (including phenoxy) is 1. The number of carbonyl (C=O) groups excluding carboxylic acids is 2. The average Bonchev–Trinajstić information content (AvgIpc) is 2.87. The van der Waals surface area contributed by atoms with E-state index >= 15 is 0 Å². The third kappa shape index (κ3) is 4.93. The van der Waals surface area contributed by atoms with Crippen LogP contribution in [0, 0.1) is 0 Å². The van der Waals surface area contributed by atoms with Crippen molar-refractivity contribution in [2.75, 3.05) is 45.2 Å². The van der Waals surface area contributed by atoms with Gasteiger partial charge in [-0.25, -0.2) is 4.79 Å². The van der Waals surface area contributed by atoms with Crippen LogP contribution in [0.5, 0.6) is 0 Å². The number of morpholine rings is 1. The van der Waals surface area contributed by atoms with Gasteiger partial charge in [-0.1, -0.05) is 6.92 Å². The van der Waals surface area contributed by atoms with Gasteiger partial charge < -0.3 is 15.4 Å². The molecule has 0 radical (unpaired) electrons. The lowest BCUT2D eigenvalue weighted by molar-refractivity contribution is -0.119. The Hall–Kier alpha value is -2.13. The van der Waals surface area contributed by atoms with E-state index in [1.54, 1.807) is 28.6 Å². The van der Waals surface area contributed by atoms with Crippen molar-refractivity contribution in [3.8, 4) is 0 Å². The summed E-state index contributed by atoms with van der Waals surface area (Å²) in [5.41, 5.74) is 6.11. The Bertz CT molecular complexity index is 588. The van der Waals surface area contributed by atoms with Crippen molar-refractivity contribution in [3.63, 3.8) is 0 Å². The first-order valence-electron chi connectivity index (χ1n) is 8.06. The van der Waals surface area contributed by atoms with Gasteiger partial charge >= 0.3 is 6.03 Å². The quantitative estimate of drug-likeness (QED) is 0.736. The van der Waals surface area contributed by atoms with E-state index in [2.05, 4.69) is 10.4 Å². The fourth-order valence-corrected chi connectivity index (χ4v) is 2.70. The molecule has 24 heavy (non-hydrogen) atoms. The first-order chi connectivity index (χ1) is 11.4. The highest BCUT2D eigenvalue weighted by molar-refractivity contribution is 5.88. The van der Waals surface area contributed by atoms with E-state index in [-0.39, 0.29) is 24.6 Å². The maximum Gasteiger partial charge on any atom is 0.323 e. The van der Waals surface area contributed by atoms with Crippen molar-refractivity contribution in [3.05, 3.63) is 11.8 Å². The molecular formula is C15H26N6O3. The van der Waals surface area contributed by atoms with Gasteiger partial charge in [0, 0.05) is 32.7 Å². The number of hydrogen-bond donors (Lipinski definition) is 2. The molecule has 1 unspecified atom stereocenters. The number of aromatic nitrogens is 2. The minimum atomic E-state index is -0.383. The van der Waals surface area contributed by atoms with Crippen LogP contribution in [0.25, 0.3) is 0 Å². The molecule has 0 bridgehead atoms. The Morgan fingerprint density at radius 1 is 1.54 bits per heavy atom. The molecule has 1 atom stereocenters. The fourth-order valence-electron chi connectivity index (χ4n) is 2.70. The Kier molecular flexibility index (Phi) is 6.16. The third-order valence-corrected chi connectivity index (χ3v) is 3.89. The lowest BCUT2D eigenvalue weighted by Gasteiger charge is -2.34. The van der Waals surface area contributed by atoms with E-state index in [4.69, 9.17) is 10.5 Å². The van der Waals surface area contributed by atoms with E-state index in [9.17, 15) is 9.59 Å². The van der Waals surface area contributed by atoms with Crippen molar-refractivity contribution in [2.45, 2.75) is 19.4 Å². The van der Waals surface area contributed by atoms with Gasteiger partial charge in [0.15, 0.2) is 0 Å². The van der Waals surface area contributed by atoms with Gasteiger partial charge in [-0.05, 0) is 13.5 Å². The minimum Gasteiger partial charge on any atom is -0.373 e. The lowest BCUT2D eigenvalue weighted by atomic mass is 10.2. The summed E-state index contributed by atoms with van der Waals surface area (Å²) in [7, 11) is 3.60. The number of anilines is 1. The topological polar surface area (TPSA) is 106 Å². The summed E-state index contributed by atoms with van der Waals surface area (Å²) in [6.07, 6.45) is 0.668. The van der Waals surface area contributed by atoms with Crippen LogP contribution in [-0.4, -0.2) is 77.5 Å². The summed E-state index contributed by atoms with van der Waals surface area (Å²) >= 11 is 0. The Morgan fingerprint density at radius 2 is 2.29 bits per heavy atom. The van der Waals surface area contributed by atoms with Gasteiger partial charge in [-0.2, -0.15) is 5.10 Å². The summed E-state index contributed by atoms with van der Waals surface area (Å²) in [6.45, 7) is 4.18. The van der Waals surface area contributed by atoms with E-state index in [1.165, 1.54) is 0 Å². The molecule has 0 aromatic carbocycles. The maximum absolute atomic E-state index is 12.5. The number of hydrogen-bond acceptors (Lipinski definition) is 5. The highest BCUT2D eigenvalue weighted by Gasteiger charge is 2.26. The zero-order valence-electron chi connectivity index (χ0n) is 14.5. The van der Waals surface area contributed by atoms with Gasteiger partial charge in [0.25, 0.3) is 0 Å². The van der Waals surface area contributed by atoms with Crippen LogP contribution >= 0.6 is 0 Å². The zero-order valence-corrected chi connectivity index (χ0v) is 14.5. The summed E-state index contributed by atoms with van der Waals surface area (Å²) in [6, 6.07) is 1.70. The molecule has 2 heterocycles. The molecule has 134 valence electrons. The van der Waals surface area contributed by atoms with Crippen LogP contribution < -0.4 is 11.1 Å². The first kappa shape index (κ1) is 18.2. The van der Waals surface area contributed by atoms with Crippen LogP contribution in [0.3, 0.4) is 0 Å². The van der Waals surface area contributed by atoms with Crippen LogP contribution in [0.15, 0.2) is 6.07 Å². The summed E-state index contributed by atoms with van der Waals surface area (Å²) in [4.78, 5) is 26.9. The number of urea groups is 1. The second-order valence-corrected chi connectivity index (χ2v) is 6.03. The monoisotopic (exact) mass is 338 g/mol. The van der Waals surface area contributed by atoms with E-state index in [0.29, 0.717) is 32.1 Å². The number of rotatable bonds is 6. The number of carbonyl (C=O) groups is 2. The van der Waals surface area contributed by atoms with Crippen LogP contribution in [-0.2, 0) is 23.0 Å². The molecule has 0 aliphatic carbocycles. The number of aryl methyl sites for hydroxylation is 2. The zero-order chi connectivity index (χ0) is 17.7. The standard InChI is InChI=1S/C15H26N6O3/c1-4-11-7-14(20(3)18-11)17-15(23)21-5-6-24-12(9-21)8-19(2)10-13(16)22/h7,12H,4-6,8-10H2,1-3H3,(H2,16,22)(H,17,23). The minimum absolute atomic E-state index is 0.147.